The Bertz CT molecular complexity index is 1080. The molecule has 1 aromatic carbocycles. The molecule has 0 radical (unpaired) electrons. The molecular weight excluding hydrogens is 375 g/mol. The fraction of sp³-hybridized carbons (Fsp3) is 0.381. The van der Waals surface area contributed by atoms with Crippen molar-refractivity contribution in [2.45, 2.75) is 38.3 Å². The number of fused-ring (bicyclic) bond motifs is 5. The molecular formula is C21H21FN4O3. The van der Waals surface area contributed by atoms with E-state index in [1.54, 1.807) is 22.8 Å². The molecule has 0 spiro atoms. The molecule has 8 heteroatoms. The molecule has 0 unspecified atom stereocenters. The molecule has 3 aromatic rings. The van der Waals surface area contributed by atoms with Crippen molar-refractivity contribution in [1.29, 1.82) is 0 Å². The zero-order chi connectivity index (χ0) is 20.0. The minimum Gasteiger partial charge on any atom is -0.490 e. The Morgan fingerprint density at radius 2 is 2.14 bits per heavy atom. The van der Waals surface area contributed by atoms with Gasteiger partial charge in [-0.05, 0) is 44.0 Å². The molecule has 2 bridgehead atoms. The highest BCUT2D eigenvalue weighted by Gasteiger charge is 2.31. The van der Waals surface area contributed by atoms with Crippen LogP contribution in [0.5, 0.6) is 5.75 Å². The summed E-state index contributed by atoms with van der Waals surface area (Å²) >= 11 is 0. The monoisotopic (exact) mass is 396 g/mol. The summed E-state index contributed by atoms with van der Waals surface area (Å²) in [7, 11) is 0. The van der Waals surface area contributed by atoms with Crippen LogP contribution in [0, 0.1) is 5.82 Å². The number of ether oxygens (including phenoxy) is 2. The minimum absolute atomic E-state index is 0.0517. The minimum atomic E-state index is -0.450. The Hall–Kier alpha value is -3.16. The molecule has 1 saturated heterocycles. The van der Waals surface area contributed by atoms with Gasteiger partial charge in [0.1, 0.15) is 22.9 Å². The van der Waals surface area contributed by atoms with Crippen molar-refractivity contribution in [3.05, 3.63) is 53.6 Å². The molecule has 4 heterocycles. The number of carbonyl (C=O) groups excluding carboxylic acids is 1. The van der Waals surface area contributed by atoms with Gasteiger partial charge in [0.2, 0.25) is 0 Å². The van der Waals surface area contributed by atoms with Gasteiger partial charge < -0.3 is 14.4 Å². The number of nitrogens with zero attached hydrogens (tertiary/aromatic N) is 4. The number of aromatic nitrogens is 3. The fourth-order valence-electron chi connectivity index (χ4n) is 4.09. The maximum atomic E-state index is 14.1. The van der Waals surface area contributed by atoms with Crippen molar-refractivity contribution < 1.29 is 18.7 Å². The van der Waals surface area contributed by atoms with Crippen molar-refractivity contribution in [2.75, 3.05) is 18.1 Å². The van der Waals surface area contributed by atoms with Gasteiger partial charge in [0, 0.05) is 24.7 Å². The molecule has 2 aliphatic rings. The van der Waals surface area contributed by atoms with Gasteiger partial charge in [-0.25, -0.2) is 18.7 Å². The highest BCUT2D eigenvalue weighted by molar-refractivity contribution is 5.95. The van der Waals surface area contributed by atoms with Gasteiger partial charge in [-0.15, -0.1) is 0 Å². The second kappa shape index (κ2) is 7.02. The van der Waals surface area contributed by atoms with Crippen LogP contribution in [-0.4, -0.2) is 39.8 Å². The van der Waals surface area contributed by atoms with E-state index in [4.69, 9.17) is 14.5 Å². The summed E-state index contributed by atoms with van der Waals surface area (Å²) < 4.78 is 27.2. The quantitative estimate of drug-likeness (QED) is 0.542. The van der Waals surface area contributed by atoms with E-state index in [9.17, 15) is 9.18 Å². The molecule has 2 aromatic heterocycles. The predicted molar refractivity (Wildman–Crippen MR) is 104 cm³/mol. The van der Waals surface area contributed by atoms with Crippen LogP contribution in [0.3, 0.4) is 0 Å². The van der Waals surface area contributed by atoms with Gasteiger partial charge >= 0.3 is 5.97 Å². The van der Waals surface area contributed by atoms with Crippen molar-refractivity contribution in [2.24, 2.45) is 0 Å². The number of esters is 1. The lowest BCUT2D eigenvalue weighted by Crippen LogP contribution is -2.25. The van der Waals surface area contributed by atoms with Gasteiger partial charge in [-0.3, -0.25) is 0 Å². The number of hydrogen-bond donors (Lipinski definition) is 0. The Morgan fingerprint density at radius 3 is 3.03 bits per heavy atom. The molecule has 1 fully saturated rings. The summed E-state index contributed by atoms with van der Waals surface area (Å²) in [5.41, 5.74) is 1.61. The Morgan fingerprint density at radius 1 is 1.24 bits per heavy atom. The van der Waals surface area contributed by atoms with Gasteiger partial charge in [0.25, 0.3) is 0 Å². The zero-order valence-corrected chi connectivity index (χ0v) is 16.0. The average molecular weight is 396 g/mol. The Balaban J connectivity index is 1.66. The average Bonchev–Trinajstić information content (AvgIpc) is 3.35. The van der Waals surface area contributed by atoms with E-state index >= 15 is 0 Å². The molecule has 2 atom stereocenters. The van der Waals surface area contributed by atoms with Crippen LogP contribution < -0.4 is 9.64 Å². The Kier molecular flexibility index (Phi) is 4.34. The van der Waals surface area contributed by atoms with Crippen molar-refractivity contribution in [3.8, 4) is 5.75 Å². The lowest BCUT2D eigenvalue weighted by molar-refractivity contribution is 0.0458. The fourth-order valence-corrected chi connectivity index (χ4v) is 4.09. The molecule has 0 amide bonds. The molecule has 5 rings (SSSR count). The van der Waals surface area contributed by atoms with Crippen LogP contribution in [0.4, 0.5) is 10.2 Å². The summed E-state index contributed by atoms with van der Waals surface area (Å²) in [6.45, 7) is 2.91. The molecule has 7 nitrogen and oxygen atoms in total. The van der Waals surface area contributed by atoms with E-state index in [0.717, 1.165) is 30.8 Å². The summed E-state index contributed by atoms with van der Waals surface area (Å²) in [4.78, 5) is 19.4. The van der Waals surface area contributed by atoms with E-state index in [2.05, 4.69) is 10.00 Å². The summed E-state index contributed by atoms with van der Waals surface area (Å²) in [6, 6.07) is 6.46. The first-order chi connectivity index (χ1) is 14.1. The number of hydrogen-bond acceptors (Lipinski definition) is 6. The first kappa shape index (κ1) is 17.9. The lowest BCUT2D eigenvalue weighted by Gasteiger charge is -2.28. The van der Waals surface area contributed by atoms with E-state index < -0.39 is 5.97 Å². The largest absolute Gasteiger partial charge is 0.490 e. The maximum Gasteiger partial charge on any atom is 0.343 e. The van der Waals surface area contributed by atoms with Crippen LogP contribution in [-0.2, 0) is 4.74 Å². The maximum absolute atomic E-state index is 14.1. The number of carbonyl (C=O) groups is 1. The van der Waals surface area contributed by atoms with Gasteiger partial charge in [-0.1, -0.05) is 0 Å². The lowest BCUT2D eigenvalue weighted by atomic mass is 10.0. The molecule has 2 aliphatic heterocycles. The van der Waals surface area contributed by atoms with E-state index in [1.807, 2.05) is 13.0 Å². The van der Waals surface area contributed by atoms with Crippen LogP contribution in [0.1, 0.15) is 48.1 Å². The van der Waals surface area contributed by atoms with Crippen LogP contribution >= 0.6 is 0 Å². The third kappa shape index (κ3) is 3.18. The SMILES string of the molecule is C[C@H]1CCOC(=O)c2cnn3ccc(nc23)N2CCC[C@@H]2c2cc(F)ccc2O1. The predicted octanol–water partition coefficient (Wildman–Crippen LogP) is 3.54. The number of cyclic esters (lactones) is 1. The third-order valence-corrected chi connectivity index (χ3v) is 5.54. The summed E-state index contributed by atoms with van der Waals surface area (Å²) in [5, 5.41) is 4.21. The van der Waals surface area contributed by atoms with Crippen LogP contribution in [0.15, 0.2) is 36.7 Å². The molecule has 0 aliphatic carbocycles. The number of benzene rings is 1. The van der Waals surface area contributed by atoms with Crippen LogP contribution in [0.25, 0.3) is 5.65 Å². The smallest absolute Gasteiger partial charge is 0.343 e. The third-order valence-electron chi connectivity index (χ3n) is 5.54. The van der Waals surface area contributed by atoms with E-state index in [0.29, 0.717) is 23.4 Å². The number of rotatable bonds is 0. The highest BCUT2D eigenvalue weighted by atomic mass is 19.1. The van der Waals surface area contributed by atoms with Crippen LogP contribution in [0.2, 0.25) is 0 Å². The topological polar surface area (TPSA) is 69.0 Å². The van der Waals surface area contributed by atoms with Crippen molar-refractivity contribution in [3.63, 3.8) is 0 Å². The summed E-state index contributed by atoms with van der Waals surface area (Å²) in [5.74, 6) is 0.637. The van der Waals surface area contributed by atoms with Gasteiger partial charge in [-0.2, -0.15) is 5.10 Å². The first-order valence-corrected chi connectivity index (χ1v) is 9.84. The zero-order valence-electron chi connectivity index (χ0n) is 16.0. The molecule has 150 valence electrons. The number of anilines is 1. The standard InChI is InChI=1S/C21H21FN4O3/c1-13-7-10-28-21(27)16-12-23-26-9-6-19(24-20(16)26)25-8-2-3-17(25)15-11-14(22)4-5-18(15)29-13/h4-6,9,11-13,17H,2-3,7-8,10H2,1H3/t13-,17+/m0/s1. The normalized spacial score (nSPS) is 22.0. The van der Waals surface area contributed by atoms with Crippen molar-refractivity contribution >= 4 is 17.4 Å². The molecule has 0 saturated carbocycles. The van der Waals surface area contributed by atoms with E-state index in [-0.39, 0.29) is 24.6 Å². The second-order valence-corrected chi connectivity index (χ2v) is 7.50. The van der Waals surface area contributed by atoms with Gasteiger partial charge in [0.15, 0.2) is 5.65 Å². The summed E-state index contributed by atoms with van der Waals surface area (Å²) in [6.07, 6.45) is 5.42. The first-order valence-electron chi connectivity index (χ1n) is 9.84. The number of halogens is 1. The Labute approximate surface area is 167 Å². The van der Waals surface area contributed by atoms with Gasteiger partial charge in [0.05, 0.1) is 24.9 Å². The molecule has 0 N–H and O–H groups in total. The molecule has 29 heavy (non-hydrogen) atoms. The second-order valence-electron chi connectivity index (χ2n) is 7.50. The van der Waals surface area contributed by atoms with E-state index in [1.165, 1.54) is 12.3 Å². The van der Waals surface area contributed by atoms with Crippen molar-refractivity contribution in [1.82, 2.24) is 14.6 Å². The highest BCUT2D eigenvalue weighted by Crippen LogP contribution is 2.40.